The van der Waals surface area contributed by atoms with E-state index in [0.29, 0.717) is 37.4 Å². The van der Waals surface area contributed by atoms with Gasteiger partial charge in [-0.05, 0) is 33.6 Å². The van der Waals surface area contributed by atoms with Gasteiger partial charge in [-0.1, -0.05) is 6.42 Å². The molecule has 1 atom stereocenters. The standard InChI is InChI=1S/C11H20F3NO5S2/c1-9(2,10(3,12)22(18,19)20)11(13,14)21(16,17)15-7-5-4-6-8-15/h4-8H2,1-3H3,(H,18,19,20). The van der Waals surface area contributed by atoms with Crippen LogP contribution < -0.4 is 0 Å². The van der Waals surface area contributed by atoms with Gasteiger partial charge in [0.1, 0.15) is 0 Å². The van der Waals surface area contributed by atoms with Gasteiger partial charge in [0.05, 0.1) is 5.41 Å². The number of hydrogen-bond donors (Lipinski definition) is 1. The number of rotatable bonds is 5. The molecule has 1 heterocycles. The van der Waals surface area contributed by atoms with Gasteiger partial charge in [0.25, 0.3) is 10.0 Å². The molecule has 0 aromatic heterocycles. The molecule has 0 aromatic rings. The average molecular weight is 367 g/mol. The Kier molecular flexibility index (Phi) is 5.01. The first-order valence-electron chi connectivity index (χ1n) is 6.64. The minimum absolute atomic E-state index is 0.136. The lowest BCUT2D eigenvalue weighted by Crippen LogP contribution is -2.61. The van der Waals surface area contributed by atoms with E-state index in [4.69, 9.17) is 4.55 Å². The molecule has 132 valence electrons. The van der Waals surface area contributed by atoms with Crippen LogP contribution >= 0.6 is 0 Å². The molecule has 1 fully saturated rings. The number of sulfonamides is 1. The predicted octanol–water partition coefficient (Wildman–Crippen LogP) is 1.99. The normalized spacial score (nSPS) is 22.3. The number of alkyl halides is 3. The van der Waals surface area contributed by atoms with Crippen LogP contribution in [0.15, 0.2) is 0 Å². The van der Waals surface area contributed by atoms with Gasteiger partial charge >= 0.3 is 15.4 Å². The minimum atomic E-state index is -5.56. The Bertz CT molecular complexity index is 622. The lowest BCUT2D eigenvalue weighted by Gasteiger charge is -2.42. The summed E-state index contributed by atoms with van der Waals surface area (Å²) in [4.78, 5) is 0. The second kappa shape index (κ2) is 5.60. The summed E-state index contributed by atoms with van der Waals surface area (Å²) in [5.74, 6) is 0. The van der Waals surface area contributed by atoms with Gasteiger partial charge in [0.2, 0.25) is 5.00 Å². The van der Waals surface area contributed by atoms with Crippen LogP contribution in [0.25, 0.3) is 0 Å². The van der Waals surface area contributed by atoms with Crippen LogP contribution in [0.3, 0.4) is 0 Å². The highest BCUT2D eigenvalue weighted by atomic mass is 32.2. The van der Waals surface area contributed by atoms with Crippen molar-refractivity contribution in [3.05, 3.63) is 0 Å². The Labute approximate surface area is 128 Å². The fourth-order valence-corrected chi connectivity index (χ4v) is 4.91. The van der Waals surface area contributed by atoms with Crippen molar-refractivity contribution < 1.29 is 34.6 Å². The lowest BCUT2D eigenvalue weighted by molar-refractivity contribution is -0.0877. The van der Waals surface area contributed by atoms with E-state index in [-0.39, 0.29) is 20.0 Å². The van der Waals surface area contributed by atoms with Gasteiger partial charge in [-0.2, -0.15) is 21.5 Å². The molecule has 1 N–H and O–H groups in total. The lowest BCUT2D eigenvalue weighted by atomic mass is 9.88. The van der Waals surface area contributed by atoms with E-state index < -0.39 is 35.8 Å². The topological polar surface area (TPSA) is 91.7 Å². The maximum absolute atomic E-state index is 14.5. The number of halogens is 3. The molecule has 0 bridgehead atoms. The first-order chi connectivity index (χ1) is 9.61. The zero-order valence-corrected chi connectivity index (χ0v) is 14.1. The van der Waals surface area contributed by atoms with Crippen molar-refractivity contribution in [2.75, 3.05) is 13.1 Å². The summed E-state index contributed by atoms with van der Waals surface area (Å²) < 4.78 is 99.4. The molecule has 0 aromatic carbocycles. The van der Waals surface area contributed by atoms with Gasteiger partial charge in [-0.15, -0.1) is 0 Å². The molecule has 0 aliphatic carbocycles. The highest BCUT2D eigenvalue weighted by Gasteiger charge is 2.71. The fourth-order valence-electron chi connectivity index (χ4n) is 2.17. The molecule has 6 nitrogen and oxygen atoms in total. The summed E-state index contributed by atoms with van der Waals surface area (Å²) in [5.41, 5.74) is -3.20. The van der Waals surface area contributed by atoms with Crippen LogP contribution in [0, 0.1) is 5.41 Å². The Balaban J connectivity index is 3.37. The van der Waals surface area contributed by atoms with Crippen molar-refractivity contribution in [2.24, 2.45) is 5.41 Å². The van der Waals surface area contributed by atoms with Crippen LogP contribution in [0.1, 0.15) is 40.0 Å². The predicted molar refractivity (Wildman–Crippen MR) is 74.1 cm³/mol. The summed E-state index contributed by atoms with van der Waals surface area (Å²) in [6.45, 7) is 0.873. The van der Waals surface area contributed by atoms with Crippen molar-refractivity contribution in [1.82, 2.24) is 4.31 Å². The summed E-state index contributed by atoms with van der Waals surface area (Å²) in [5, 5.41) is -8.58. The molecule has 1 aliphatic heterocycles. The molecule has 1 rings (SSSR count). The molecule has 1 unspecified atom stereocenters. The largest absolute Gasteiger partial charge is 0.368 e. The van der Waals surface area contributed by atoms with E-state index >= 15 is 0 Å². The van der Waals surface area contributed by atoms with E-state index in [0.717, 1.165) is 0 Å². The molecule has 1 aliphatic rings. The third-order valence-electron chi connectivity index (χ3n) is 4.31. The van der Waals surface area contributed by atoms with Crippen LogP contribution in [0.5, 0.6) is 0 Å². The van der Waals surface area contributed by atoms with Crippen molar-refractivity contribution >= 4 is 20.1 Å². The minimum Gasteiger partial charge on any atom is -0.283 e. The van der Waals surface area contributed by atoms with Gasteiger partial charge in [0, 0.05) is 13.1 Å². The fraction of sp³-hybridized carbons (Fsp3) is 1.00. The number of piperidine rings is 1. The van der Waals surface area contributed by atoms with Crippen molar-refractivity contribution in [1.29, 1.82) is 0 Å². The second-order valence-electron chi connectivity index (χ2n) is 6.00. The van der Waals surface area contributed by atoms with E-state index in [9.17, 15) is 30.0 Å². The number of hydrogen-bond acceptors (Lipinski definition) is 4. The van der Waals surface area contributed by atoms with Crippen molar-refractivity contribution in [3.8, 4) is 0 Å². The van der Waals surface area contributed by atoms with E-state index in [1.54, 1.807) is 0 Å². The number of nitrogens with zero attached hydrogens (tertiary/aromatic N) is 1. The first-order valence-corrected chi connectivity index (χ1v) is 9.52. The molecule has 22 heavy (non-hydrogen) atoms. The third kappa shape index (κ3) is 2.76. The van der Waals surface area contributed by atoms with Crippen molar-refractivity contribution in [3.63, 3.8) is 0 Å². The summed E-state index contributed by atoms with van der Waals surface area (Å²) >= 11 is 0. The molecule has 0 radical (unpaired) electrons. The molecular weight excluding hydrogens is 347 g/mol. The zero-order valence-electron chi connectivity index (χ0n) is 12.5. The summed E-state index contributed by atoms with van der Waals surface area (Å²) in [6, 6.07) is 0. The van der Waals surface area contributed by atoms with E-state index in [2.05, 4.69) is 0 Å². The van der Waals surface area contributed by atoms with Crippen molar-refractivity contribution in [2.45, 2.75) is 50.3 Å². The monoisotopic (exact) mass is 367 g/mol. The Morgan fingerprint density at radius 1 is 0.909 bits per heavy atom. The maximum Gasteiger partial charge on any atom is 0.368 e. The molecule has 11 heteroatoms. The third-order valence-corrected chi connectivity index (χ3v) is 7.99. The molecule has 0 amide bonds. The maximum atomic E-state index is 14.5. The van der Waals surface area contributed by atoms with Gasteiger partial charge in [-0.25, -0.2) is 12.8 Å². The SMILES string of the molecule is CC(C)(C(C)(F)S(=O)(=O)O)C(F)(F)S(=O)(=O)N1CCCCC1. The first kappa shape index (κ1) is 19.7. The van der Waals surface area contributed by atoms with Gasteiger partial charge < -0.3 is 0 Å². The van der Waals surface area contributed by atoms with Crippen LogP contribution in [-0.4, -0.2) is 49.0 Å². The van der Waals surface area contributed by atoms with Crippen LogP contribution in [0.4, 0.5) is 13.2 Å². The van der Waals surface area contributed by atoms with Crippen LogP contribution in [0.2, 0.25) is 0 Å². The second-order valence-corrected chi connectivity index (χ2v) is 9.69. The average Bonchev–Trinajstić information content (AvgIpc) is 2.37. The highest BCUT2D eigenvalue weighted by molar-refractivity contribution is 7.90. The van der Waals surface area contributed by atoms with Gasteiger partial charge in [-0.3, -0.25) is 4.55 Å². The van der Waals surface area contributed by atoms with Crippen LogP contribution in [-0.2, 0) is 20.1 Å². The molecule has 1 saturated heterocycles. The highest BCUT2D eigenvalue weighted by Crippen LogP contribution is 2.52. The summed E-state index contributed by atoms with van der Waals surface area (Å²) in [6.07, 6.45) is 1.47. The Morgan fingerprint density at radius 2 is 1.32 bits per heavy atom. The quantitative estimate of drug-likeness (QED) is 0.751. The van der Waals surface area contributed by atoms with Gasteiger partial charge in [0.15, 0.2) is 0 Å². The zero-order chi connectivity index (χ0) is 17.6. The Hall–Kier alpha value is -0.390. The smallest absolute Gasteiger partial charge is 0.283 e. The van der Waals surface area contributed by atoms with E-state index in [1.807, 2.05) is 0 Å². The summed E-state index contributed by atoms with van der Waals surface area (Å²) in [7, 11) is -10.8. The molecule has 0 saturated carbocycles. The Morgan fingerprint density at radius 3 is 1.68 bits per heavy atom. The van der Waals surface area contributed by atoms with E-state index in [1.165, 1.54) is 0 Å². The molecule has 0 spiro atoms. The molecular formula is C11H20F3NO5S2.